The monoisotopic (exact) mass is 1200 g/mol. The van der Waals surface area contributed by atoms with Crippen LogP contribution in [0.2, 0.25) is 0 Å². The number of carbonyl (C=O) groups is 8. The van der Waals surface area contributed by atoms with Gasteiger partial charge in [-0.25, -0.2) is 19.2 Å². The average Bonchev–Trinajstić information content (AvgIpc) is 3.27. The van der Waals surface area contributed by atoms with Crippen LogP contribution in [0.4, 0.5) is 0 Å². The molecule has 386 valence electrons. The van der Waals surface area contributed by atoms with Gasteiger partial charge in [0.2, 0.25) is 0 Å². The summed E-state index contributed by atoms with van der Waals surface area (Å²) < 4.78 is 25.5. The molecule has 0 saturated carbocycles. The molecule has 0 aliphatic carbocycles. The lowest BCUT2D eigenvalue weighted by molar-refractivity contribution is -0.175. The van der Waals surface area contributed by atoms with Crippen molar-refractivity contribution in [3.05, 3.63) is 78.4 Å². The van der Waals surface area contributed by atoms with Crippen LogP contribution in [0.3, 0.4) is 0 Å². The molecule has 0 bridgehead atoms. The SMILES string of the molecule is CC(C)=C[C@H]1C(=O)O[C@H](Cc2cccc(I)c2)C(=O)N(C)[C@@H](CC(C)C)C(=O)O[C@H](C)C(=O)N(C)[C@@H](CC(C)C)C(=O)O[C@H](Cc2cccc(I)c2)C(=O)N(C)[C@@H](CC(C)C)C(=O)O[C@H](C)C(=O)N1C. The van der Waals surface area contributed by atoms with E-state index < -0.39 is 96.1 Å². The van der Waals surface area contributed by atoms with Gasteiger partial charge in [0, 0.05) is 48.2 Å². The molecule has 2 aromatic carbocycles. The molecule has 0 radical (unpaired) electrons. The standard InChI is InChI=1S/C52H72I2N4O12/c1-29(2)21-39-49(63)67-33(9)45(59)55(11)42(24-32(7)8)52(66)70-44(28-36-18-16-20-38(54)26-36)48(62)58(14)40(22-30(3)4)50(64)68-34(10)46(60)56(12)41(23-31(5)6)51(65)69-43(47(61)57(39)13)27-35-17-15-19-37(53)25-35/h15-20,23,25-26,29-30,32-34,39-44H,21-22,24,27-28H2,1-14H3/t33-,34-,39+,40+,41+,42+,43-,44-/m1/s1. The molecular formula is C52H72I2N4O12. The Morgan fingerprint density at radius 3 is 1.19 bits per heavy atom. The zero-order valence-corrected chi connectivity index (χ0v) is 47.3. The topological polar surface area (TPSA) is 186 Å². The van der Waals surface area contributed by atoms with E-state index in [2.05, 4.69) is 45.2 Å². The van der Waals surface area contributed by atoms with E-state index in [1.165, 1.54) is 48.1 Å². The largest absolute Gasteiger partial charge is 0.451 e. The van der Waals surface area contributed by atoms with E-state index in [-0.39, 0.29) is 49.9 Å². The van der Waals surface area contributed by atoms with E-state index in [1.807, 2.05) is 65.8 Å². The van der Waals surface area contributed by atoms with Crippen LogP contribution in [0.15, 0.2) is 60.2 Å². The molecule has 4 amide bonds. The van der Waals surface area contributed by atoms with Crippen molar-refractivity contribution >= 4 is 92.7 Å². The van der Waals surface area contributed by atoms with E-state index in [0.717, 1.165) is 26.7 Å². The van der Waals surface area contributed by atoms with Crippen molar-refractivity contribution in [2.45, 2.75) is 150 Å². The summed E-state index contributed by atoms with van der Waals surface area (Å²) in [5.74, 6) is -7.20. The summed E-state index contributed by atoms with van der Waals surface area (Å²) in [6, 6.07) is 9.31. The minimum atomic E-state index is -1.51. The number of ether oxygens (including phenoxy) is 4. The average molecular weight is 1200 g/mol. The number of hydrogen-bond acceptors (Lipinski definition) is 12. The number of nitrogens with zero attached hydrogens (tertiary/aromatic N) is 4. The van der Waals surface area contributed by atoms with E-state index in [0.29, 0.717) is 16.7 Å². The molecule has 3 rings (SSSR count). The van der Waals surface area contributed by atoms with Gasteiger partial charge in [0.15, 0.2) is 24.4 Å². The molecule has 70 heavy (non-hydrogen) atoms. The van der Waals surface area contributed by atoms with Crippen LogP contribution < -0.4 is 0 Å². The van der Waals surface area contributed by atoms with Crippen molar-refractivity contribution in [2.75, 3.05) is 28.2 Å². The van der Waals surface area contributed by atoms with Gasteiger partial charge in [0.25, 0.3) is 23.6 Å². The number of hydrogen-bond donors (Lipinski definition) is 0. The fraction of sp³-hybridized carbons (Fsp3) is 0.577. The Morgan fingerprint density at radius 1 is 0.514 bits per heavy atom. The van der Waals surface area contributed by atoms with Gasteiger partial charge in [-0.15, -0.1) is 0 Å². The van der Waals surface area contributed by atoms with Crippen LogP contribution in [0.25, 0.3) is 0 Å². The lowest BCUT2D eigenvalue weighted by Crippen LogP contribution is -2.54. The summed E-state index contributed by atoms with van der Waals surface area (Å²) in [5, 5.41) is 0. The quantitative estimate of drug-likeness (QED) is 0.0994. The molecule has 1 heterocycles. The van der Waals surface area contributed by atoms with E-state index >= 15 is 0 Å². The minimum absolute atomic E-state index is 0.0915. The van der Waals surface area contributed by atoms with Crippen LogP contribution in [0, 0.1) is 24.9 Å². The molecule has 1 saturated heterocycles. The normalized spacial score (nSPS) is 24.7. The van der Waals surface area contributed by atoms with Gasteiger partial charge in [-0.2, -0.15) is 0 Å². The van der Waals surface area contributed by atoms with Crippen molar-refractivity contribution in [2.24, 2.45) is 17.8 Å². The molecular weight excluding hydrogens is 1130 g/mol. The molecule has 2 aromatic rings. The summed E-state index contributed by atoms with van der Waals surface area (Å²) >= 11 is 4.25. The highest BCUT2D eigenvalue weighted by Gasteiger charge is 2.42. The molecule has 16 nitrogen and oxygen atoms in total. The number of esters is 4. The van der Waals surface area contributed by atoms with Crippen molar-refractivity contribution in [1.82, 2.24) is 19.6 Å². The summed E-state index contributed by atoms with van der Waals surface area (Å²) in [7, 11) is 5.51. The number of halogens is 2. The summed E-state index contributed by atoms with van der Waals surface area (Å²) in [4.78, 5) is 120. The Bertz CT molecular complexity index is 2220. The molecule has 1 aliphatic heterocycles. The second-order valence-electron chi connectivity index (χ2n) is 19.6. The highest BCUT2D eigenvalue weighted by atomic mass is 127. The summed E-state index contributed by atoms with van der Waals surface area (Å²) in [5.41, 5.74) is 1.92. The van der Waals surface area contributed by atoms with Gasteiger partial charge in [-0.3, -0.25) is 19.2 Å². The van der Waals surface area contributed by atoms with Gasteiger partial charge in [-0.05, 0) is 145 Å². The van der Waals surface area contributed by atoms with E-state index in [1.54, 1.807) is 38.1 Å². The maximum Gasteiger partial charge on any atom is 0.333 e. The molecule has 0 aromatic heterocycles. The van der Waals surface area contributed by atoms with Gasteiger partial charge in [-0.1, -0.05) is 77.5 Å². The minimum Gasteiger partial charge on any atom is -0.451 e. The Hall–Kier alpha value is -4.60. The van der Waals surface area contributed by atoms with Crippen LogP contribution >= 0.6 is 45.2 Å². The lowest BCUT2D eigenvalue weighted by atomic mass is 10.00. The Balaban J connectivity index is 2.28. The van der Waals surface area contributed by atoms with Gasteiger partial charge >= 0.3 is 23.9 Å². The maximum absolute atomic E-state index is 14.7. The molecule has 0 N–H and O–H groups in total. The predicted molar refractivity (Wildman–Crippen MR) is 281 cm³/mol. The van der Waals surface area contributed by atoms with E-state index in [9.17, 15) is 38.4 Å². The number of carbonyl (C=O) groups excluding carboxylic acids is 8. The zero-order valence-electron chi connectivity index (χ0n) is 43.0. The van der Waals surface area contributed by atoms with Gasteiger partial charge in [0.1, 0.15) is 24.2 Å². The van der Waals surface area contributed by atoms with Crippen LogP contribution in [0.5, 0.6) is 0 Å². The van der Waals surface area contributed by atoms with Crippen LogP contribution in [-0.4, -0.2) is 144 Å². The fourth-order valence-corrected chi connectivity index (χ4v) is 9.22. The maximum atomic E-state index is 14.7. The third-order valence-electron chi connectivity index (χ3n) is 11.8. The first-order chi connectivity index (χ1) is 32.6. The number of rotatable bonds is 11. The van der Waals surface area contributed by atoms with Gasteiger partial charge in [0.05, 0.1) is 0 Å². The number of likely N-dealkylation sites (N-methyl/N-ethyl adjacent to an activating group) is 4. The Morgan fingerprint density at radius 2 is 0.843 bits per heavy atom. The fourth-order valence-electron chi connectivity index (χ4n) is 8.01. The second-order valence-corrected chi connectivity index (χ2v) is 22.1. The lowest BCUT2D eigenvalue weighted by Gasteiger charge is -2.35. The third-order valence-corrected chi connectivity index (χ3v) is 13.2. The van der Waals surface area contributed by atoms with Crippen LogP contribution in [-0.2, 0) is 70.1 Å². The van der Waals surface area contributed by atoms with Crippen molar-refractivity contribution in [3.63, 3.8) is 0 Å². The van der Waals surface area contributed by atoms with Gasteiger partial charge < -0.3 is 38.5 Å². The zero-order chi connectivity index (χ0) is 52.9. The molecule has 18 heteroatoms. The third kappa shape index (κ3) is 17.3. The first-order valence-corrected chi connectivity index (χ1v) is 25.8. The molecule has 1 aliphatic rings. The molecule has 8 atom stereocenters. The number of amides is 4. The summed E-state index contributed by atoms with van der Waals surface area (Å²) in [6.45, 7) is 17.2. The Labute approximate surface area is 441 Å². The second kappa shape index (κ2) is 27.3. The van der Waals surface area contributed by atoms with Crippen molar-refractivity contribution in [3.8, 4) is 0 Å². The van der Waals surface area contributed by atoms with Crippen molar-refractivity contribution in [1.29, 1.82) is 0 Å². The molecule has 0 unspecified atom stereocenters. The number of allylic oxidation sites excluding steroid dienone is 1. The molecule has 0 spiro atoms. The summed E-state index contributed by atoms with van der Waals surface area (Å²) in [6.07, 6.45) is -4.35. The van der Waals surface area contributed by atoms with Crippen LogP contribution in [0.1, 0.15) is 99.6 Å². The Kier molecular flexibility index (Phi) is 23.3. The van der Waals surface area contributed by atoms with E-state index in [4.69, 9.17) is 18.9 Å². The number of benzene rings is 2. The predicted octanol–water partition coefficient (Wildman–Crippen LogP) is 6.79. The smallest absolute Gasteiger partial charge is 0.333 e. The first-order valence-electron chi connectivity index (χ1n) is 23.7. The first kappa shape index (κ1) is 59.7. The van der Waals surface area contributed by atoms with Crippen molar-refractivity contribution < 1.29 is 57.3 Å². The number of cyclic esters (lactones) is 4. The highest BCUT2D eigenvalue weighted by Crippen LogP contribution is 2.24. The molecule has 1 fully saturated rings. The highest BCUT2D eigenvalue weighted by molar-refractivity contribution is 14.1.